The average Bonchev–Trinajstić information content (AvgIpc) is 2.90. The summed E-state index contributed by atoms with van der Waals surface area (Å²) in [5.74, 6) is -3.20. The molecule has 2 saturated heterocycles. The van der Waals surface area contributed by atoms with Crippen LogP contribution in [0.1, 0.15) is 44.1 Å². The van der Waals surface area contributed by atoms with Gasteiger partial charge in [0.05, 0.1) is 0 Å². The van der Waals surface area contributed by atoms with Gasteiger partial charge in [-0.05, 0) is 30.9 Å². The predicted molar refractivity (Wildman–Crippen MR) is 90.2 cm³/mol. The number of amides is 2. The summed E-state index contributed by atoms with van der Waals surface area (Å²) in [4.78, 5) is 32.6. The van der Waals surface area contributed by atoms with E-state index in [9.17, 15) is 18.4 Å². The van der Waals surface area contributed by atoms with Crippen LogP contribution in [0.2, 0.25) is 0 Å². The summed E-state index contributed by atoms with van der Waals surface area (Å²) in [6, 6.07) is 3.82. The van der Waals surface area contributed by atoms with E-state index in [-0.39, 0.29) is 30.2 Å². The van der Waals surface area contributed by atoms with Crippen molar-refractivity contribution in [1.82, 2.24) is 14.8 Å². The molecule has 0 unspecified atom stereocenters. The Hall–Kier alpha value is -2.05. The molecule has 7 heteroatoms. The van der Waals surface area contributed by atoms with Crippen molar-refractivity contribution in [2.75, 3.05) is 13.1 Å². The number of piperidine rings is 1. The molecule has 26 heavy (non-hydrogen) atoms. The van der Waals surface area contributed by atoms with Gasteiger partial charge in [-0.25, -0.2) is 8.78 Å². The Morgan fingerprint density at radius 2 is 1.96 bits per heavy atom. The number of nitrogens with zero attached hydrogens (tertiary/aromatic N) is 3. The molecule has 2 aliphatic heterocycles. The van der Waals surface area contributed by atoms with Gasteiger partial charge in [-0.1, -0.05) is 6.07 Å². The van der Waals surface area contributed by atoms with Crippen LogP contribution in [0, 0.1) is 5.92 Å². The maximum atomic E-state index is 13.0. The van der Waals surface area contributed by atoms with Crippen LogP contribution >= 0.6 is 0 Å². The largest absolute Gasteiger partial charge is 0.342 e. The molecule has 4 rings (SSSR count). The average molecular weight is 363 g/mol. The van der Waals surface area contributed by atoms with Crippen molar-refractivity contribution in [3.8, 4) is 0 Å². The summed E-state index contributed by atoms with van der Waals surface area (Å²) in [7, 11) is 0. The van der Waals surface area contributed by atoms with Crippen LogP contribution in [0.3, 0.4) is 0 Å². The Labute approximate surface area is 151 Å². The number of carbonyl (C=O) groups excluding carboxylic acids is 2. The number of likely N-dealkylation sites (tertiary alicyclic amines) is 2. The summed E-state index contributed by atoms with van der Waals surface area (Å²) in [6.07, 6.45) is 5.60. The Balaban J connectivity index is 1.40. The molecule has 0 atom stereocenters. The van der Waals surface area contributed by atoms with Crippen LogP contribution < -0.4 is 0 Å². The van der Waals surface area contributed by atoms with Crippen molar-refractivity contribution in [2.45, 2.75) is 56.5 Å². The first-order chi connectivity index (χ1) is 12.4. The summed E-state index contributed by atoms with van der Waals surface area (Å²) >= 11 is 0. The number of rotatable bonds is 3. The van der Waals surface area contributed by atoms with Crippen LogP contribution in [0.4, 0.5) is 8.78 Å². The third kappa shape index (κ3) is 3.08. The lowest BCUT2D eigenvalue weighted by Gasteiger charge is -2.46. The summed E-state index contributed by atoms with van der Waals surface area (Å²) in [6.45, 7) is 1.62. The van der Waals surface area contributed by atoms with Gasteiger partial charge in [0.1, 0.15) is 0 Å². The normalized spacial score (nSPS) is 24.8. The second-order valence-corrected chi connectivity index (χ2v) is 7.85. The number of carbonyl (C=O) groups is 2. The van der Waals surface area contributed by atoms with Gasteiger partial charge in [-0.3, -0.25) is 14.6 Å². The van der Waals surface area contributed by atoms with Crippen molar-refractivity contribution in [1.29, 1.82) is 0 Å². The third-order valence-electron chi connectivity index (χ3n) is 6.19. The lowest BCUT2D eigenvalue weighted by Crippen LogP contribution is -2.56. The molecule has 5 nitrogen and oxygen atoms in total. The van der Waals surface area contributed by atoms with Gasteiger partial charge in [0.2, 0.25) is 17.7 Å². The highest BCUT2D eigenvalue weighted by molar-refractivity contribution is 5.81. The standard InChI is InChI=1S/C19H23F2N3O2/c20-19(21)10-15(11-19)17(26)23-8-5-18(6-9-23)4-3-16(25)24(18)13-14-2-1-7-22-12-14/h1-2,7,12,15H,3-6,8-11,13H2. The van der Waals surface area contributed by atoms with Crippen molar-refractivity contribution in [3.05, 3.63) is 30.1 Å². The Bertz CT molecular complexity index is 694. The first-order valence-corrected chi connectivity index (χ1v) is 9.25. The fourth-order valence-corrected chi connectivity index (χ4v) is 4.56. The Morgan fingerprint density at radius 1 is 1.23 bits per heavy atom. The van der Waals surface area contributed by atoms with Crippen LogP contribution in [0.5, 0.6) is 0 Å². The predicted octanol–water partition coefficient (Wildman–Crippen LogP) is 2.61. The molecule has 0 bridgehead atoms. The second kappa shape index (κ2) is 6.28. The monoisotopic (exact) mass is 363 g/mol. The van der Waals surface area contributed by atoms with E-state index in [0.29, 0.717) is 38.9 Å². The minimum absolute atomic E-state index is 0.145. The molecule has 1 aromatic heterocycles. The van der Waals surface area contributed by atoms with Crippen molar-refractivity contribution in [2.24, 2.45) is 5.92 Å². The van der Waals surface area contributed by atoms with Gasteiger partial charge < -0.3 is 9.80 Å². The van der Waals surface area contributed by atoms with Gasteiger partial charge in [-0.2, -0.15) is 0 Å². The highest BCUT2D eigenvalue weighted by Gasteiger charge is 2.52. The molecule has 3 fully saturated rings. The molecule has 0 aromatic carbocycles. The molecule has 2 amide bonds. The van der Waals surface area contributed by atoms with Crippen LogP contribution in [0.25, 0.3) is 0 Å². The summed E-state index contributed by atoms with van der Waals surface area (Å²) in [5.41, 5.74) is 0.783. The van der Waals surface area contributed by atoms with Crippen LogP contribution in [0.15, 0.2) is 24.5 Å². The summed E-state index contributed by atoms with van der Waals surface area (Å²) < 4.78 is 26.1. The number of hydrogen-bond acceptors (Lipinski definition) is 3. The zero-order chi connectivity index (χ0) is 18.4. The quantitative estimate of drug-likeness (QED) is 0.830. The summed E-state index contributed by atoms with van der Waals surface area (Å²) in [5, 5.41) is 0. The fraction of sp³-hybridized carbons (Fsp3) is 0.632. The molecule has 3 aliphatic rings. The minimum Gasteiger partial charge on any atom is -0.342 e. The number of pyridine rings is 1. The smallest absolute Gasteiger partial charge is 0.249 e. The number of halogens is 2. The molecule has 0 radical (unpaired) electrons. The van der Waals surface area contributed by atoms with E-state index in [1.807, 2.05) is 17.0 Å². The molecule has 1 saturated carbocycles. The maximum absolute atomic E-state index is 13.0. The minimum atomic E-state index is -2.67. The fourth-order valence-electron chi connectivity index (χ4n) is 4.56. The van der Waals surface area contributed by atoms with Crippen LogP contribution in [-0.4, -0.2) is 51.1 Å². The highest BCUT2D eigenvalue weighted by Crippen LogP contribution is 2.45. The molecule has 1 spiro atoms. The zero-order valence-corrected chi connectivity index (χ0v) is 14.7. The van der Waals surface area contributed by atoms with Crippen molar-refractivity contribution < 1.29 is 18.4 Å². The van der Waals surface area contributed by atoms with Gasteiger partial charge in [0.15, 0.2) is 0 Å². The molecule has 3 heterocycles. The lowest BCUT2D eigenvalue weighted by molar-refractivity contribution is -0.162. The van der Waals surface area contributed by atoms with Gasteiger partial charge in [-0.15, -0.1) is 0 Å². The molecule has 0 N–H and O–H groups in total. The van der Waals surface area contributed by atoms with Gasteiger partial charge in [0, 0.05) is 62.7 Å². The molecular formula is C19H23F2N3O2. The molecule has 1 aromatic rings. The van der Waals surface area contributed by atoms with E-state index in [1.165, 1.54) is 0 Å². The Morgan fingerprint density at radius 3 is 2.58 bits per heavy atom. The van der Waals surface area contributed by atoms with E-state index in [2.05, 4.69) is 4.98 Å². The van der Waals surface area contributed by atoms with E-state index in [0.717, 1.165) is 12.0 Å². The first-order valence-electron chi connectivity index (χ1n) is 9.25. The van der Waals surface area contributed by atoms with Crippen molar-refractivity contribution >= 4 is 11.8 Å². The SMILES string of the molecule is O=C(C1CC(F)(F)C1)N1CCC2(CCC(=O)N2Cc2cccnc2)CC1. The Kier molecular flexibility index (Phi) is 4.20. The lowest BCUT2D eigenvalue weighted by atomic mass is 9.79. The van der Waals surface area contributed by atoms with E-state index in [4.69, 9.17) is 0 Å². The van der Waals surface area contributed by atoms with E-state index < -0.39 is 11.8 Å². The van der Waals surface area contributed by atoms with E-state index in [1.54, 1.807) is 17.3 Å². The van der Waals surface area contributed by atoms with Crippen molar-refractivity contribution in [3.63, 3.8) is 0 Å². The number of hydrogen-bond donors (Lipinski definition) is 0. The van der Waals surface area contributed by atoms with Gasteiger partial charge in [0.25, 0.3) is 0 Å². The number of alkyl halides is 2. The molecule has 140 valence electrons. The third-order valence-corrected chi connectivity index (χ3v) is 6.19. The highest BCUT2D eigenvalue weighted by atomic mass is 19.3. The second-order valence-electron chi connectivity index (χ2n) is 7.85. The van der Waals surface area contributed by atoms with E-state index >= 15 is 0 Å². The molecule has 1 aliphatic carbocycles. The maximum Gasteiger partial charge on any atom is 0.249 e. The first kappa shape index (κ1) is 17.4. The molecular weight excluding hydrogens is 340 g/mol. The van der Waals surface area contributed by atoms with Gasteiger partial charge >= 0.3 is 0 Å². The zero-order valence-electron chi connectivity index (χ0n) is 14.7. The number of aromatic nitrogens is 1. The van der Waals surface area contributed by atoms with Crippen LogP contribution in [-0.2, 0) is 16.1 Å². The topological polar surface area (TPSA) is 53.5 Å².